The third-order valence-corrected chi connectivity index (χ3v) is 4.85. The van der Waals surface area contributed by atoms with Crippen molar-refractivity contribution in [2.75, 3.05) is 0 Å². The van der Waals surface area contributed by atoms with Gasteiger partial charge in [0, 0.05) is 6.42 Å². The van der Waals surface area contributed by atoms with Gasteiger partial charge in [-0.05, 0) is 42.7 Å². The minimum atomic E-state index is -0.351. The molecule has 26 heavy (non-hydrogen) atoms. The Kier molecular flexibility index (Phi) is 5.91. The van der Waals surface area contributed by atoms with Crippen LogP contribution in [-0.4, -0.2) is 16.8 Å². The molecule has 7 heteroatoms. The number of carbonyl (C=O) groups is 2. The van der Waals surface area contributed by atoms with E-state index in [1.54, 1.807) is 11.3 Å². The zero-order valence-corrected chi connectivity index (χ0v) is 14.8. The first-order chi connectivity index (χ1) is 12.6. The number of carbonyl (C=O) groups excluding carboxylic acids is 2. The fraction of sp³-hybridized carbons (Fsp3) is 0.211. The van der Waals surface area contributed by atoms with Gasteiger partial charge in [0.25, 0.3) is 0 Å². The van der Waals surface area contributed by atoms with Crippen LogP contribution >= 0.6 is 11.3 Å². The highest BCUT2D eigenvalue weighted by Crippen LogP contribution is 2.22. The van der Waals surface area contributed by atoms with Crippen molar-refractivity contribution < 1.29 is 14.0 Å². The average Bonchev–Trinajstić information content (AvgIpc) is 3.05. The quantitative estimate of drug-likeness (QED) is 0.654. The van der Waals surface area contributed by atoms with Crippen molar-refractivity contribution in [3.8, 4) is 0 Å². The SMILES string of the molecule is O=C(CCCc1nc2ccccc2s1)NNC(=O)Cc1ccc(F)cc1. The Balaban J connectivity index is 1.37. The third-order valence-electron chi connectivity index (χ3n) is 3.75. The number of aromatic nitrogens is 1. The van der Waals surface area contributed by atoms with E-state index in [4.69, 9.17) is 0 Å². The lowest BCUT2D eigenvalue weighted by molar-refractivity contribution is -0.128. The Morgan fingerprint density at radius 1 is 1.00 bits per heavy atom. The summed E-state index contributed by atoms with van der Waals surface area (Å²) in [6.07, 6.45) is 1.74. The van der Waals surface area contributed by atoms with Gasteiger partial charge in [-0.1, -0.05) is 24.3 Å². The predicted octanol–water partition coefficient (Wildman–Crippen LogP) is 3.15. The molecule has 134 valence electrons. The van der Waals surface area contributed by atoms with Crippen molar-refractivity contribution in [1.29, 1.82) is 0 Å². The van der Waals surface area contributed by atoms with Crippen molar-refractivity contribution in [1.82, 2.24) is 15.8 Å². The van der Waals surface area contributed by atoms with Crippen molar-refractivity contribution in [3.05, 3.63) is 64.9 Å². The summed E-state index contributed by atoms with van der Waals surface area (Å²) >= 11 is 1.63. The maximum Gasteiger partial charge on any atom is 0.242 e. The van der Waals surface area contributed by atoms with Crippen LogP contribution in [0.2, 0.25) is 0 Å². The van der Waals surface area contributed by atoms with Crippen LogP contribution in [0.3, 0.4) is 0 Å². The molecule has 2 N–H and O–H groups in total. The van der Waals surface area contributed by atoms with Gasteiger partial charge < -0.3 is 0 Å². The van der Waals surface area contributed by atoms with E-state index in [1.165, 1.54) is 24.3 Å². The fourth-order valence-electron chi connectivity index (χ4n) is 2.46. The molecular weight excluding hydrogens is 353 g/mol. The molecule has 5 nitrogen and oxygen atoms in total. The molecule has 0 aliphatic carbocycles. The van der Waals surface area contributed by atoms with Crippen LogP contribution in [0.4, 0.5) is 4.39 Å². The van der Waals surface area contributed by atoms with Gasteiger partial charge in [0.1, 0.15) is 5.82 Å². The van der Waals surface area contributed by atoms with Crippen molar-refractivity contribution in [2.24, 2.45) is 0 Å². The molecule has 0 radical (unpaired) electrons. The number of aryl methyl sites for hydroxylation is 1. The molecular formula is C19H18FN3O2S. The summed E-state index contributed by atoms with van der Waals surface area (Å²) in [5, 5.41) is 0.999. The number of hydrogen-bond acceptors (Lipinski definition) is 4. The van der Waals surface area contributed by atoms with Crippen molar-refractivity contribution in [3.63, 3.8) is 0 Å². The topological polar surface area (TPSA) is 71.1 Å². The minimum absolute atomic E-state index is 0.0757. The minimum Gasteiger partial charge on any atom is -0.273 e. The van der Waals surface area contributed by atoms with Gasteiger partial charge in [0.2, 0.25) is 11.8 Å². The Bertz CT molecular complexity index is 876. The van der Waals surface area contributed by atoms with E-state index in [1.807, 2.05) is 24.3 Å². The Morgan fingerprint density at radius 3 is 2.50 bits per heavy atom. The number of amides is 2. The second-order valence-electron chi connectivity index (χ2n) is 5.83. The zero-order chi connectivity index (χ0) is 18.4. The normalized spacial score (nSPS) is 10.7. The lowest BCUT2D eigenvalue weighted by Crippen LogP contribution is -2.42. The lowest BCUT2D eigenvalue weighted by atomic mass is 10.1. The number of halogens is 1. The molecule has 2 aromatic carbocycles. The molecule has 2 amide bonds. The molecule has 0 unspecified atom stereocenters. The lowest BCUT2D eigenvalue weighted by Gasteiger charge is -2.07. The number of benzene rings is 2. The number of hydrogen-bond donors (Lipinski definition) is 2. The molecule has 0 aliphatic rings. The van der Waals surface area contributed by atoms with E-state index in [2.05, 4.69) is 15.8 Å². The van der Waals surface area contributed by atoms with Crippen LogP contribution < -0.4 is 10.9 Å². The van der Waals surface area contributed by atoms with Gasteiger partial charge in [-0.2, -0.15) is 0 Å². The first-order valence-electron chi connectivity index (χ1n) is 8.27. The number of hydrazine groups is 1. The van der Waals surface area contributed by atoms with Crippen LogP contribution in [-0.2, 0) is 22.4 Å². The molecule has 0 bridgehead atoms. The van der Waals surface area contributed by atoms with Gasteiger partial charge in [-0.15, -0.1) is 11.3 Å². The van der Waals surface area contributed by atoms with Crippen LogP contribution in [0.5, 0.6) is 0 Å². The fourth-order valence-corrected chi connectivity index (χ4v) is 3.47. The third kappa shape index (κ3) is 5.10. The highest BCUT2D eigenvalue weighted by atomic mass is 32.1. The van der Waals surface area contributed by atoms with Gasteiger partial charge in [0.05, 0.1) is 21.6 Å². The number of nitrogens with zero attached hydrogens (tertiary/aromatic N) is 1. The molecule has 1 aromatic heterocycles. The summed E-state index contributed by atoms with van der Waals surface area (Å²) < 4.78 is 14.0. The van der Waals surface area contributed by atoms with Crippen molar-refractivity contribution in [2.45, 2.75) is 25.7 Å². The Hall–Kier alpha value is -2.80. The van der Waals surface area contributed by atoms with Crippen molar-refractivity contribution >= 4 is 33.4 Å². The Morgan fingerprint density at radius 2 is 1.73 bits per heavy atom. The van der Waals surface area contributed by atoms with E-state index in [0.717, 1.165) is 21.6 Å². The summed E-state index contributed by atoms with van der Waals surface area (Å²) in [6, 6.07) is 13.6. The highest BCUT2D eigenvalue weighted by molar-refractivity contribution is 7.18. The molecule has 3 rings (SSSR count). The molecule has 1 heterocycles. The summed E-state index contributed by atoms with van der Waals surface area (Å²) in [4.78, 5) is 28.1. The summed E-state index contributed by atoms with van der Waals surface area (Å²) in [7, 11) is 0. The van der Waals surface area contributed by atoms with Crippen LogP contribution in [0, 0.1) is 5.82 Å². The Labute approximate surface area is 154 Å². The zero-order valence-electron chi connectivity index (χ0n) is 14.0. The summed E-state index contributed by atoms with van der Waals surface area (Å²) in [5.41, 5.74) is 6.42. The van der Waals surface area contributed by atoms with Crippen LogP contribution in [0.15, 0.2) is 48.5 Å². The van der Waals surface area contributed by atoms with E-state index >= 15 is 0 Å². The molecule has 0 fully saturated rings. The predicted molar refractivity (Wildman–Crippen MR) is 98.9 cm³/mol. The average molecular weight is 371 g/mol. The monoisotopic (exact) mass is 371 g/mol. The summed E-state index contributed by atoms with van der Waals surface area (Å²) in [6.45, 7) is 0. The first kappa shape index (κ1) is 18.0. The standard InChI is InChI=1S/C19H18FN3O2S/c20-14-10-8-13(9-11-14)12-18(25)23-22-17(24)6-3-7-19-21-15-4-1-2-5-16(15)26-19/h1-2,4-5,8-11H,3,6-7,12H2,(H,22,24)(H,23,25). The van der Waals surface area contributed by atoms with Gasteiger partial charge in [-0.25, -0.2) is 9.37 Å². The van der Waals surface area contributed by atoms with Crippen LogP contribution in [0.25, 0.3) is 10.2 Å². The number of para-hydroxylation sites is 1. The second kappa shape index (κ2) is 8.53. The number of thiazole rings is 1. The van der Waals surface area contributed by atoms with Gasteiger partial charge >= 0.3 is 0 Å². The summed E-state index contributed by atoms with van der Waals surface area (Å²) in [5.74, 6) is -0.953. The van der Waals surface area contributed by atoms with E-state index in [9.17, 15) is 14.0 Å². The first-order valence-corrected chi connectivity index (χ1v) is 9.08. The van der Waals surface area contributed by atoms with Gasteiger partial charge in [0.15, 0.2) is 0 Å². The maximum atomic E-state index is 12.8. The molecule has 0 saturated carbocycles. The second-order valence-corrected chi connectivity index (χ2v) is 6.94. The largest absolute Gasteiger partial charge is 0.273 e. The number of nitrogens with one attached hydrogen (secondary N) is 2. The van der Waals surface area contributed by atoms with Crippen LogP contribution in [0.1, 0.15) is 23.4 Å². The molecule has 0 saturated heterocycles. The molecule has 3 aromatic rings. The number of fused-ring (bicyclic) bond motifs is 1. The molecule has 0 atom stereocenters. The maximum absolute atomic E-state index is 12.8. The molecule has 0 spiro atoms. The van der Waals surface area contributed by atoms with E-state index < -0.39 is 0 Å². The number of rotatable bonds is 6. The highest BCUT2D eigenvalue weighted by Gasteiger charge is 2.08. The smallest absolute Gasteiger partial charge is 0.242 e. The van der Waals surface area contributed by atoms with Gasteiger partial charge in [-0.3, -0.25) is 20.4 Å². The molecule has 0 aliphatic heterocycles. The van der Waals surface area contributed by atoms with E-state index in [-0.39, 0.29) is 24.1 Å². The van der Waals surface area contributed by atoms with E-state index in [0.29, 0.717) is 18.4 Å².